The molecule has 0 unspecified atom stereocenters. The first kappa shape index (κ1) is 12.0. The average molecular weight is 270 g/mol. The number of rotatable bonds is 3. The summed E-state index contributed by atoms with van der Waals surface area (Å²) >= 11 is 1.62. The molecule has 0 amide bonds. The Morgan fingerprint density at radius 2 is 2.16 bits per heavy atom. The van der Waals surface area contributed by atoms with E-state index in [4.69, 9.17) is 0 Å². The van der Waals surface area contributed by atoms with Crippen molar-refractivity contribution in [3.05, 3.63) is 35.3 Å². The third-order valence-electron chi connectivity index (χ3n) is 2.89. The minimum Gasteiger partial charge on any atom is -0.370 e. The minimum absolute atomic E-state index is 0.684. The quantitative estimate of drug-likeness (QED) is 0.791. The Labute approximate surface area is 115 Å². The summed E-state index contributed by atoms with van der Waals surface area (Å²) in [5.74, 6) is 1.57. The minimum atomic E-state index is 0.684. The molecule has 0 aromatic carbocycles. The van der Waals surface area contributed by atoms with Gasteiger partial charge in [0, 0.05) is 12.7 Å². The summed E-state index contributed by atoms with van der Waals surface area (Å²) in [6.45, 7) is 4.92. The van der Waals surface area contributed by atoms with Gasteiger partial charge in [-0.1, -0.05) is 6.07 Å². The van der Waals surface area contributed by atoms with Gasteiger partial charge >= 0.3 is 0 Å². The SMILES string of the molecule is CCNc1nc(-c2ncccc2C)nc2sccc12. The Morgan fingerprint density at radius 3 is 2.95 bits per heavy atom. The highest BCUT2D eigenvalue weighted by Crippen LogP contribution is 2.28. The molecule has 96 valence electrons. The largest absolute Gasteiger partial charge is 0.370 e. The van der Waals surface area contributed by atoms with E-state index >= 15 is 0 Å². The molecule has 0 aliphatic carbocycles. The maximum absolute atomic E-state index is 4.62. The number of hydrogen-bond acceptors (Lipinski definition) is 5. The molecule has 0 aliphatic rings. The van der Waals surface area contributed by atoms with Crippen LogP contribution in [0.2, 0.25) is 0 Å². The Balaban J connectivity index is 2.22. The zero-order valence-corrected chi connectivity index (χ0v) is 11.7. The van der Waals surface area contributed by atoms with Crippen molar-refractivity contribution in [1.82, 2.24) is 15.0 Å². The Kier molecular flexibility index (Phi) is 3.13. The number of nitrogens with zero attached hydrogens (tertiary/aromatic N) is 3. The van der Waals surface area contributed by atoms with Crippen LogP contribution in [0.4, 0.5) is 5.82 Å². The second-order valence-electron chi connectivity index (χ2n) is 4.23. The molecular formula is C14H14N4S. The van der Waals surface area contributed by atoms with Crippen LogP contribution in [0.25, 0.3) is 21.7 Å². The molecule has 0 bridgehead atoms. The van der Waals surface area contributed by atoms with Crippen LogP contribution >= 0.6 is 11.3 Å². The molecule has 3 aromatic rings. The second kappa shape index (κ2) is 4.93. The Hall–Kier alpha value is -2.01. The van der Waals surface area contributed by atoms with Crippen molar-refractivity contribution in [1.29, 1.82) is 0 Å². The van der Waals surface area contributed by atoms with E-state index in [1.807, 2.05) is 30.5 Å². The van der Waals surface area contributed by atoms with Crippen LogP contribution in [0.15, 0.2) is 29.8 Å². The fraction of sp³-hybridized carbons (Fsp3) is 0.214. The van der Waals surface area contributed by atoms with Gasteiger partial charge in [-0.05, 0) is 36.9 Å². The first-order valence-electron chi connectivity index (χ1n) is 6.20. The van der Waals surface area contributed by atoms with E-state index in [0.29, 0.717) is 5.82 Å². The maximum atomic E-state index is 4.62. The Morgan fingerprint density at radius 1 is 1.26 bits per heavy atom. The van der Waals surface area contributed by atoms with Crippen molar-refractivity contribution in [2.75, 3.05) is 11.9 Å². The molecule has 0 saturated carbocycles. The van der Waals surface area contributed by atoms with E-state index in [0.717, 1.165) is 33.8 Å². The molecule has 5 heteroatoms. The lowest BCUT2D eigenvalue weighted by Crippen LogP contribution is -2.03. The van der Waals surface area contributed by atoms with Gasteiger partial charge in [0.05, 0.1) is 5.39 Å². The van der Waals surface area contributed by atoms with Gasteiger partial charge in [-0.25, -0.2) is 9.97 Å². The molecule has 1 N–H and O–H groups in total. The van der Waals surface area contributed by atoms with E-state index in [-0.39, 0.29) is 0 Å². The second-order valence-corrected chi connectivity index (χ2v) is 5.13. The van der Waals surface area contributed by atoms with Crippen molar-refractivity contribution < 1.29 is 0 Å². The monoisotopic (exact) mass is 270 g/mol. The fourth-order valence-corrected chi connectivity index (χ4v) is 2.75. The molecule has 0 atom stereocenters. The average Bonchev–Trinajstić information content (AvgIpc) is 2.88. The van der Waals surface area contributed by atoms with Gasteiger partial charge in [-0.15, -0.1) is 11.3 Å². The smallest absolute Gasteiger partial charge is 0.181 e. The van der Waals surface area contributed by atoms with Crippen LogP contribution in [0.3, 0.4) is 0 Å². The molecule has 0 aliphatic heterocycles. The fourth-order valence-electron chi connectivity index (χ4n) is 1.98. The molecule has 0 spiro atoms. The molecule has 0 saturated heterocycles. The molecule has 3 aromatic heterocycles. The number of thiophene rings is 1. The number of hydrogen-bond donors (Lipinski definition) is 1. The first-order valence-corrected chi connectivity index (χ1v) is 7.08. The van der Waals surface area contributed by atoms with Gasteiger partial charge in [0.1, 0.15) is 16.3 Å². The van der Waals surface area contributed by atoms with Gasteiger partial charge in [0.25, 0.3) is 0 Å². The standard InChI is InChI=1S/C14H14N4S/c1-3-15-12-10-6-8-19-14(10)18-13(17-12)11-9(2)5-4-7-16-11/h4-8H,3H2,1-2H3,(H,15,17,18). The van der Waals surface area contributed by atoms with E-state index in [9.17, 15) is 0 Å². The van der Waals surface area contributed by atoms with Crippen molar-refractivity contribution in [3.63, 3.8) is 0 Å². The van der Waals surface area contributed by atoms with E-state index in [1.165, 1.54) is 0 Å². The van der Waals surface area contributed by atoms with Crippen LogP contribution in [0, 0.1) is 6.92 Å². The predicted octanol–water partition coefficient (Wildman–Crippen LogP) is 3.49. The van der Waals surface area contributed by atoms with Crippen LogP contribution in [-0.2, 0) is 0 Å². The highest BCUT2D eigenvalue weighted by atomic mass is 32.1. The van der Waals surface area contributed by atoms with Gasteiger partial charge in [0.2, 0.25) is 0 Å². The number of aryl methyl sites for hydroxylation is 1. The van der Waals surface area contributed by atoms with Crippen LogP contribution in [0.1, 0.15) is 12.5 Å². The summed E-state index contributed by atoms with van der Waals surface area (Å²) in [4.78, 5) is 14.6. The van der Waals surface area contributed by atoms with Gasteiger partial charge in [-0.3, -0.25) is 4.98 Å². The van der Waals surface area contributed by atoms with Crippen LogP contribution < -0.4 is 5.32 Å². The predicted molar refractivity (Wildman–Crippen MR) is 79.5 cm³/mol. The van der Waals surface area contributed by atoms with Crippen molar-refractivity contribution in [2.45, 2.75) is 13.8 Å². The van der Waals surface area contributed by atoms with E-state index in [2.05, 4.69) is 27.2 Å². The summed E-state index contributed by atoms with van der Waals surface area (Å²) in [7, 11) is 0. The molecule has 0 radical (unpaired) electrons. The summed E-state index contributed by atoms with van der Waals surface area (Å²) in [5.41, 5.74) is 1.93. The van der Waals surface area contributed by atoms with Crippen molar-refractivity contribution >= 4 is 27.4 Å². The Bertz CT molecular complexity index is 720. The summed E-state index contributed by atoms with van der Waals surface area (Å²) < 4.78 is 0. The third kappa shape index (κ3) is 2.17. The van der Waals surface area contributed by atoms with Crippen molar-refractivity contribution in [2.24, 2.45) is 0 Å². The highest BCUT2D eigenvalue weighted by Gasteiger charge is 2.12. The molecular weight excluding hydrogens is 256 g/mol. The number of aromatic nitrogens is 3. The first-order chi connectivity index (χ1) is 9.29. The summed E-state index contributed by atoms with van der Waals surface area (Å²) in [5, 5.41) is 6.40. The number of nitrogens with one attached hydrogen (secondary N) is 1. The number of pyridine rings is 1. The third-order valence-corrected chi connectivity index (χ3v) is 3.70. The van der Waals surface area contributed by atoms with E-state index in [1.54, 1.807) is 17.5 Å². The zero-order valence-electron chi connectivity index (χ0n) is 10.8. The topological polar surface area (TPSA) is 50.7 Å². The van der Waals surface area contributed by atoms with Crippen molar-refractivity contribution in [3.8, 4) is 11.5 Å². The van der Waals surface area contributed by atoms with Crippen LogP contribution in [-0.4, -0.2) is 21.5 Å². The van der Waals surface area contributed by atoms with E-state index < -0.39 is 0 Å². The summed E-state index contributed by atoms with van der Waals surface area (Å²) in [6, 6.07) is 6.00. The van der Waals surface area contributed by atoms with Crippen LogP contribution in [0.5, 0.6) is 0 Å². The zero-order chi connectivity index (χ0) is 13.2. The van der Waals surface area contributed by atoms with Gasteiger partial charge in [-0.2, -0.15) is 0 Å². The molecule has 4 nitrogen and oxygen atoms in total. The molecule has 0 fully saturated rings. The molecule has 3 heterocycles. The normalized spacial score (nSPS) is 10.8. The molecule has 19 heavy (non-hydrogen) atoms. The van der Waals surface area contributed by atoms with Gasteiger partial charge < -0.3 is 5.32 Å². The van der Waals surface area contributed by atoms with Gasteiger partial charge in [0.15, 0.2) is 5.82 Å². The maximum Gasteiger partial charge on any atom is 0.181 e. The lowest BCUT2D eigenvalue weighted by atomic mass is 10.2. The highest BCUT2D eigenvalue weighted by molar-refractivity contribution is 7.16. The molecule has 3 rings (SSSR count). The lowest BCUT2D eigenvalue weighted by Gasteiger charge is -2.08. The number of fused-ring (bicyclic) bond motifs is 1. The summed E-state index contributed by atoms with van der Waals surface area (Å²) in [6.07, 6.45) is 1.78. The lowest BCUT2D eigenvalue weighted by molar-refractivity contribution is 1.12. The number of anilines is 1.